The number of ether oxygens (including phenoxy) is 1. The number of fused-ring (bicyclic) bond motifs is 1. The standard InChI is InChI=1S/C13H14O3/c14-11-6-2-4-8-13(15)16-12-7-3-1-5-10(12)9-11/h1,3,5,7H,2,4,6,8-9H2. The lowest BCUT2D eigenvalue weighted by Crippen LogP contribution is -2.13. The highest BCUT2D eigenvalue weighted by atomic mass is 16.5. The van der Waals surface area contributed by atoms with Crippen molar-refractivity contribution < 1.29 is 14.3 Å². The molecule has 1 aliphatic heterocycles. The van der Waals surface area contributed by atoms with Gasteiger partial charge in [-0.1, -0.05) is 18.2 Å². The Balaban J connectivity index is 2.26. The van der Waals surface area contributed by atoms with E-state index in [0.717, 1.165) is 18.4 Å². The van der Waals surface area contributed by atoms with Crippen LogP contribution in [0.15, 0.2) is 24.3 Å². The van der Waals surface area contributed by atoms with Crippen molar-refractivity contribution in [2.45, 2.75) is 32.1 Å². The molecule has 1 aromatic carbocycles. The van der Waals surface area contributed by atoms with Crippen LogP contribution in [-0.4, -0.2) is 11.8 Å². The zero-order valence-corrected chi connectivity index (χ0v) is 9.07. The summed E-state index contributed by atoms with van der Waals surface area (Å²) in [5.74, 6) is 0.537. The van der Waals surface area contributed by atoms with Crippen molar-refractivity contribution in [3.63, 3.8) is 0 Å². The molecule has 3 heteroatoms. The van der Waals surface area contributed by atoms with E-state index in [1.165, 1.54) is 0 Å². The first-order chi connectivity index (χ1) is 7.75. The quantitative estimate of drug-likeness (QED) is 0.495. The number of ketones is 1. The topological polar surface area (TPSA) is 43.4 Å². The van der Waals surface area contributed by atoms with Crippen LogP contribution < -0.4 is 4.74 Å². The van der Waals surface area contributed by atoms with Gasteiger partial charge in [-0.05, 0) is 18.9 Å². The Morgan fingerprint density at radius 1 is 1.00 bits per heavy atom. The fraction of sp³-hybridized carbons (Fsp3) is 0.385. The second-order valence-electron chi connectivity index (χ2n) is 4.00. The Bertz CT molecular complexity index is 370. The second kappa shape index (κ2) is 4.92. The molecule has 0 aliphatic carbocycles. The molecule has 0 N–H and O–H groups in total. The van der Waals surface area contributed by atoms with Crippen molar-refractivity contribution in [2.24, 2.45) is 0 Å². The van der Waals surface area contributed by atoms with Crippen LogP contribution >= 0.6 is 0 Å². The summed E-state index contributed by atoms with van der Waals surface area (Å²) < 4.78 is 5.23. The summed E-state index contributed by atoms with van der Waals surface area (Å²) in [7, 11) is 0. The molecule has 0 amide bonds. The largest absolute Gasteiger partial charge is 0.426 e. The molecule has 0 aromatic heterocycles. The normalized spacial score (nSPS) is 17.5. The third-order valence-corrected chi connectivity index (χ3v) is 2.67. The lowest BCUT2D eigenvalue weighted by atomic mass is 10.0. The number of hydrogen-bond donors (Lipinski definition) is 0. The maximum Gasteiger partial charge on any atom is 0.311 e. The van der Waals surface area contributed by atoms with Crippen LogP contribution in [-0.2, 0) is 16.0 Å². The Morgan fingerprint density at radius 3 is 2.62 bits per heavy atom. The summed E-state index contributed by atoms with van der Waals surface area (Å²) in [6, 6.07) is 7.23. The molecular formula is C13H14O3. The van der Waals surface area contributed by atoms with Gasteiger partial charge >= 0.3 is 5.97 Å². The molecule has 0 saturated carbocycles. The first-order valence-electron chi connectivity index (χ1n) is 5.56. The first kappa shape index (κ1) is 10.9. The van der Waals surface area contributed by atoms with E-state index in [1.54, 1.807) is 6.07 Å². The van der Waals surface area contributed by atoms with Crippen molar-refractivity contribution >= 4 is 11.8 Å². The average molecular weight is 218 g/mol. The van der Waals surface area contributed by atoms with Gasteiger partial charge in [-0.25, -0.2) is 0 Å². The number of hydrogen-bond acceptors (Lipinski definition) is 3. The van der Waals surface area contributed by atoms with Gasteiger partial charge in [0, 0.05) is 24.8 Å². The highest BCUT2D eigenvalue weighted by Crippen LogP contribution is 2.21. The van der Waals surface area contributed by atoms with E-state index in [2.05, 4.69) is 0 Å². The maximum atomic E-state index is 11.6. The van der Waals surface area contributed by atoms with Crippen LogP contribution in [0.4, 0.5) is 0 Å². The van der Waals surface area contributed by atoms with Gasteiger partial charge in [0.25, 0.3) is 0 Å². The van der Waals surface area contributed by atoms with Gasteiger partial charge in [-0.3, -0.25) is 9.59 Å². The van der Waals surface area contributed by atoms with E-state index in [1.807, 2.05) is 18.2 Å². The fourth-order valence-corrected chi connectivity index (χ4v) is 1.82. The Labute approximate surface area is 94.4 Å². The van der Waals surface area contributed by atoms with Gasteiger partial charge in [0.1, 0.15) is 11.5 Å². The summed E-state index contributed by atoms with van der Waals surface area (Å²) in [4.78, 5) is 23.0. The molecule has 16 heavy (non-hydrogen) atoms. The summed E-state index contributed by atoms with van der Waals surface area (Å²) in [6.45, 7) is 0. The summed E-state index contributed by atoms with van der Waals surface area (Å²) in [6.07, 6.45) is 2.82. The van der Waals surface area contributed by atoms with Crippen LogP contribution in [0.1, 0.15) is 31.2 Å². The third kappa shape index (κ3) is 2.69. The monoisotopic (exact) mass is 218 g/mol. The van der Waals surface area contributed by atoms with Crippen molar-refractivity contribution in [1.29, 1.82) is 0 Å². The van der Waals surface area contributed by atoms with E-state index in [4.69, 9.17) is 4.74 Å². The van der Waals surface area contributed by atoms with E-state index in [-0.39, 0.29) is 11.8 Å². The number of para-hydroxylation sites is 1. The second-order valence-corrected chi connectivity index (χ2v) is 4.00. The van der Waals surface area contributed by atoms with Crippen molar-refractivity contribution in [3.8, 4) is 5.75 Å². The molecule has 1 heterocycles. The number of Topliss-reactive ketones (excluding diaryl/α,β-unsaturated/α-hetero) is 1. The minimum Gasteiger partial charge on any atom is -0.426 e. The summed E-state index contributed by atoms with van der Waals surface area (Å²) in [5, 5.41) is 0. The lowest BCUT2D eigenvalue weighted by molar-refractivity contribution is -0.135. The van der Waals surface area contributed by atoms with Crippen LogP contribution in [0.2, 0.25) is 0 Å². The SMILES string of the molecule is O=C1CCCCC(=O)Oc2ccccc2C1. The highest BCUT2D eigenvalue weighted by molar-refractivity contribution is 5.82. The first-order valence-corrected chi connectivity index (χ1v) is 5.56. The molecule has 0 atom stereocenters. The summed E-state index contributed by atoms with van der Waals surface area (Å²) >= 11 is 0. The molecule has 0 fully saturated rings. The molecule has 1 aromatic rings. The zero-order chi connectivity index (χ0) is 11.4. The minimum atomic E-state index is -0.207. The predicted molar refractivity (Wildman–Crippen MR) is 59.3 cm³/mol. The molecule has 1 aliphatic rings. The third-order valence-electron chi connectivity index (χ3n) is 2.67. The molecular weight excluding hydrogens is 204 g/mol. The summed E-state index contributed by atoms with van der Waals surface area (Å²) in [5.41, 5.74) is 0.808. The highest BCUT2D eigenvalue weighted by Gasteiger charge is 2.14. The van der Waals surface area contributed by atoms with E-state index < -0.39 is 0 Å². The average Bonchev–Trinajstić information content (AvgIpc) is 2.27. The van der Waals surface area contributed by atoms with Crippen LogP contribution in [0.3, 0.4) is 0 Å². The minimum absolute atomic E-state index is 0.207. The van der Waals surface area contributed by atoms with E-state index in [0.29, 0.717) is 25.0 Å². The number of benzene rings is 1. The Hall–Kier alpha value is -1.64. The molecule has 0 bridgehead atoms. The number of carbonyl (C=O) groups is 2. The van der Waals surface area contributed by atoms with Crippen molar-refractivity contribution in [1.82, 2.24) is 0 Å². The smallest absolute Gasteiger partial charge is 0.311 e. The van der Waals surface area contributed by atoms with Crippen molar-refractivity contribution in [3.05, 3.63) is 29.8 Å². The molecule has 0 spiro atoms. The number of rotatable bonds is 0. The van der Waals surface area contributed by atoms with E-state index in [9.17, 15) is 9.59 Å². The van der Waals surface area contributed by atoms with Gasteiger partial charge in [-0.2, -0.15) is 0 Å². The molecule has 84 valence electrons. The lowest BCUT2D eigenvalue weighted by Gasteiger charge is -2.11. The predicted octanol–water partition coefficient (Wildman–Crippen LogP) is 2.28. The van der Waals surface area contributed by atoms with E-state index >= 15 is 0 Å². The van der Waals surface area contributed by atoms with Gasteiger partial charge in [0.15, 0.2) is 0 Å². The molecule has 0 saturated heterocycles. The number of esters is 1. The van der Waals surface area contributed by atoms with Crippen LogP contribution in [0.5, 0.6) is 5.75 Å². The maximum absolute atomic E-state index is 11.6. The molecule has 3 nitrogen and oxygen atoms in total. The van der Waals surface area contributed by atoms with Gasteiger partial charge < -0.3 is 4.74 Å². The van der Waals surface area contributed by atoms with Gasteiger partial charge in [0.05, 0.1) is 0 Å². The molecule has 0 radical (unpaired) electrons. The van der Waals surface area contributed by atoms with Gasteiger partial charge in [0.2, 0.25) is 0 Å². The number of carbonyl (C=O) groups excluding carboxylic acids is 2. The Morgan fingerprint density at radius 2 is 1.75 bits per heavy atom. The fourth-order valence-electron chi connectivity index (χ4n) is 1.82. The molecule has 0 unspecified atom stereocenters. The van der Waals surface area contributed by atoms with Crippen molar-refractivity contribution in [2.75, 3.05) is 0 Å². The van der Waals surface area contributed by atoms with Gasteiger partial charge in [-0.15, -0.1) is 0 Å². The Kier molecular flexibility index (Phi) is 3.34. The molecule has 2 rings (SSSR count). The van der Waals surface area contributed by atoms with Crippen LogP contribution in [0.25, 0.3) is 0 Å². The van der Waals surface area contributed by atoms with Crippen LogP contribution in [0, 0.1) is 0 Å². The zero-order valence-electron chi connectivity index (χ0n) is 9.07.